The average molecular weight is 419 g/mol. The first-order chi connectivity index (χ1) is 14.2. The molecule has 9 heteroatoms. The SMILES string of the molecule is COc1cccc(C[NH2+]CCCSc2nnnn2C)c1OCc1ccccc1F. The predicted octanol–water partition coefficient (Wildman–Crippen LogP) is 2.18. The summed E-state index contributed by atoms with van der Waals surface area (Å²) in [4.78, 5) is 0. The lowest BCUT2D eigenvalue weighted by Gasteiger charge is -2.15. The summed E-state index contributed by atoms with van der Waals surface area (Å²) in [6.45, 7) is 1.87. The van der Waals surface area contributed by atoms with Crippen LogP contribution in [0.4, 0.5) is 4.39 Å². The number of halogens is 1. The molecule has 1 aromatic heterocycles. The number of thioether (sulfide) groups is 1. The van der Waals surface area contributed by atoms with Gasteiger partial charge in [-0.15, -0.1) is 5.10 Å². The largest absolute Gasteiger partial charge is 0.493 e. The maximum atomic E-state index is 13.9. The van der Waals surface area contributed by atoms with Crippen LogP contribution < -0.4 is 14.8 Å². The van der Waals surface area contributed by atoms with Crippen LogP contribution in [0.2, 0.25) is 0 Å². The fourth-order valence-corrected chi connectivity index (χ4v) is 3.62. The third kappa shape index (κ3) is 5.91. The van der Waals surface area contributed by atoms with E-state index in [1.807, 2.05) is 25.2 Å². The summed E-state index contributed by atoms with van der Waals surface area (Å²) in [5.41, 5.74) is 1.54. The molecule has 0 saturated carbocycles. The summed E-state index contributed by atoms with van der Waals surface area (Å²) < 4.78 is 27.0. The van der Waals surface area contributed by atoms with E-state index in [0.29, 0.717) is 17.1 Å². The van der Waals surface area contributed by atoms with Gasteiger partial charge in [0, 0.05) is 24.8 Å². The van der Waals surface area contributed by atoms with Crippen molar-refractivity contribution in [3.63, 3.8) is 0 Å². The van der Waals surface area contributed by atoms with Gasteiger partial charge < -0.3 is 14.8 Å². The molecule has 0 aliphatic carbocycles. The summed E-state index contributed by atoms with van der Waals surface area (Å²) in [6, 6.07) is 12.4. The van der Waals surface area contributed by atoms with E-state index in [1.165, 1.54) is 6.07 Å². The van der Waals surface area contributed by atoms with Gasteiger partial charge in [0.25, 0.3) is 0 Å². The molecule has 2 N–H and O–H groups in total. The number of quaternary nitrogens is 1. The number of tetrazole rings is 1. The maximum absolute atomic E-state index is 13.9. The Morgan fingerprint density at radius 2 is 1.97 bits per heavy atom. The van der Waals surface area contributed by atoms with Gasteiger partial charge in [-0.05, 0) is 28.6 Å². The molecule has 0 aliphatic heterocycles. The number of rotatable bonds is 11. The van der Waals surface area contributed by atoms with Crippen LogP contribution in [0.1, 0.15) is 17.5 Å². The number of nitrogens with zero attached hydrogens (tertiary/aromatic N) is 4. The van der Waals surface area contributed by atoms with Gasteiger partial charge in [0.15, 0.2) is 11.5 Å². The molecule has 0 radical (unpaired) electrons. The van der Waals surface area contributed by atoms with E-state index in [0.717, 1.165) is 36.0 Å². The fraction of sp³-hybridized carbons (Fsp3) is 0.350. The van der Waals surface area contributed by atoms with Crippen molar-refractivity contribution < 1.29 is 19.2 Å². The molecule has 1 heterocycles. The third-order valence-electron chi connectivity index (χ3n) is 4.34. The standard InChI is InChI=1S/C20H24FN5O2S/c1-26-20(23-24-25-26)29-12-6-11-22-13-15-8-5-10-18(27-2)19(15)28-14-16-7-3-4-9-17(16)21/h3-5,7-10,22H,6,11-14H2,1-2H3/p+1. The van der Waals surface area contributed by atoms with Crippen LogP contribution in [0, 0.1) is 5.82 Å². The van der Waals surface area contributed by atoms with Crippen LogP contribution in [0.25, 0.3) is 0 Å². The molecule has 0 atom stereocenters. The number of nitrogens with two attached hydrogens (primary N) is 1. The number of aryl methyl sites for hydroxylation is 1. The molecular weight excluding hydrogens is 393 g/mol. The Morgan fingerprint density at radius 3 is 2.72 bits per heavy atom. The minimum absolute atomic E-state index is 0.155. The molecule has 0 aliphatic rings. The van der Waals surface area contributed by atoms with Crippen LogP contribution in [0.5, 0.6) is 11.5 Å². The van der Waals surface area contributed by atoms with E-state index >= 15 is 0 Å². The molecule has 29 heavy (non-hydrogen) atoms. The zero-order valence-corrected chi connectivity index (χ0v) is 17.4. The Balaban J connectivity index is 1.52. The number of hydrogen-bond donors (Lipinski definition) is 1. The monoisotopic (exact) mass is 418 g/mol. The number of hydrogen-bond acceptors (Lipinski definition) is 6. The molecule has 7 nitrogen and oxygen atoms in total. The van der Waals surface area contributed by atoms with E-state index in [2.05, 4.69) is 20.8 Å². The number of aromatic nitrogens is 4. The second-order valence-corrected chi connectivity index (χ2v) is 7.46. The van der Waals surface area contributed by atoms with Crippen molar-refractivity contribution in [1.29, 1.82) is 0 Å². The summed E-state index contributed by atoms with van der Waals surface area (Å²) in [5, 5.41) is 14.5. The second-order valence-electron chi connectivity index (χ2n) is 6.40. The molecular formula is C20H25FN5O2S+. The number of methoxy groups -OCH3 is 1. The molecule has 3 aromatic rings. The van der Waals surface area contributed by atoms with Crippen molar-refractivity contribution in [1.82, 2.24) is 20.2 Å². The second kappa shape index (κ2) is 10.8. The van der Waals surface area contributed by atoms with Crippen LogP contribution >= 0.6 is 11.8 Å². The molecule has 154 valence electrons. The van der Waals surface area contributed by atoms with Gasteiger partial charge in [0.05, 0.1) is 19.2 Å². The van der Waals surface area contributed by atoms with Crippen LogP contribution in [-0.2, 0) is 20.2 Å². The van der Waals surface area contributed by atoms with E-state index in [-0.39, 0.29) is 12.4 Å². The zero-order valence-electron chi connectivity index (χ0n) is 16.5. The Hall–Kier alpha value is -2.65. The Bertz CT molecular complexity index is 921. The first-order valence-electron chi connectivity index (χ1n) is 9.38. The molecule has 0 spiro atoms. The van der Waals surface area contributed by atoms with E-state index in [1.54, 1.807) is 41.8 Å². The maximum Gasteiger partial charge on any atom is 0.209 e. The fourth-order valence-electron chi connectivity index (χ4n) is 2.80. The van der Waals surface area contributed by atoms with Gasteiger partial charge in [-0.3, -0.25) is 0 Å². The third-order valence-corrected chi connectivity index (χ3v) is 5.44. The Labute approximate surface area is 173 Å². The minimum Gasteiger partial charge on any atom is -0.493 e. The van der Waals surface area contributed by atoms with Crippen molar-refractivity contribution in [2.45, 2.75) is 24.7 Å². The van der Waals surface area contributed by atoms with Crippen LogP contribution in [0.15, 0.2) is 47.6 Å². The highest BCUT2D eigenvalue weighted by Gasteiger charge is 2.13. The van der Waals surface area contributed by atoms with Gasteiger partial charge >= 0.3 is 0 Å². The van der Waals surface area contributed by atoms with Crippen LogP contribution in [0.3, 0.4) is 0 Å². The van der Waals surface area contributed by atoms with Crippen LogP contribution in [-0.4, -0.2) is 39.6 Å². The Morgan fingerprint density at radius 1 is 1.14 bits per heavy atom. The van der Waals surface area contributed by atoms with E-state index in [9.17, 15) is 4.39 Å². The summed E-state index contributed by atoms with van der Waals surface area (Å²) >= 11 is 1.64. The van der Waals surface area contributed by atoms with Gasteiger partial charge in [0.1, 0.15) is 19.0 Å². The van der Waals surface area contributed by atoms with Gasteiger partial charge in [-0.1, -0.05) is 36.0 Å². The lowest BCUT2D eigenvalue weighted by Crippen LogP contribution is -2.82. The summed E-state index contributed by atoms with van der Waals surface area (Å²) in [6.07, 6.45) is 1.02. The average Bonchev–Trinajstić information content (AvgIpc) is 3.15. The Kier molecular flexibility index (Phi) is 7.83. The van der Waals surface area contributed by atoms with E-state index in [4.69, 9.17) is 9.47 Å². The van der Waals surface area contributed by atoms with E-state index < -0.39 is 0 Å². The molecule has 3 rings (SSSR count). The first-order valence-corrected chi connectivity index (χ1v) is 10.4. The summed E-state index contributed by atoms with van der Waals surface area (Å²) in [7, 11) is 3.44. The number of benzene rings is 2. The van der Waals surface area contributed by atoms with Gasteiger partial charge in [-0.25, -0.2) is 9.07 Å². The van der Waals surface area contributed by atoms with Gasteiger partial charge in [0.2, 0.25) is 5.16 Å². The summed E-state index contributed by atoms with van der Waals surface area (Å²) in [5.74, 6) is 1.98. The normalized spacial score (nSPS) is 10.9. The topological polar surface area (TPSA) is 78.7 Å². The molecule has 0 saturated heterocycles. The minimum atomic E-state index is -0.272. The van der Waals surface area contributed by atoms with Crippen molar-refractivity contribution in [3.05, 3.63) is 59.4 Å². The highest BCUT2D eigenvalue weighted by molar-refractivity contribution is 7.99. The number of para-hydroxylation sites is 1. The smallest absolute Gasteiger partial charge is 0.209 e. The molecule has 0 fully saturated rings. The molecule has 0 unspecified atom stereocenters. The lowest BCUT2D eigenvalue weighted by molar-refractivity contribution is -0.670. The highest BCUT2D eigenvalue weighted by Crippen LogP contribution is 2.31. The quantitative estimate of drug-likeness (QED) is 0.380. The lowest BCUT2D eigenvalue weighted by atomic mass is 10.1. The highest BCUT2D eigenvalue weighted by atomic mass is 32.2. The van der Waals surface area contributed by atoms with Gasteiger partial charge in [-0.2, -0.15) is 0 Å². The zero-order chi connectivity index (χ0) is 20.5. The predicted molar refractivity (Wildman–Crippen MR) is 108 cm³/mol. The molecule has 2 aromatic carbocycles. The van der Waals surface area contributed by atoms with Crippen molar-refractivity contribution in [2.24, 2.45) is 7.05 Å². The number of ether oxygens (including phenoxy) is 2. The van der Waals surface area contributed by atoms with Crippen molar-refractivity contribution in [3.8, 4) is 11.5 Å². The van der Waals surface area contributed by atoms with Crippen molar-refractivity contribution in [2.75, 3.05) is 19.4 Å². The molecule has 0 bridgehead atoms. The molecule has 0 amide bonds. The van der Waals surface area contributed by atoms with Crippen molar-refractivity contribution >= 4 is 11.8 Å². The first kappa shape index (κ1) is 21.1.